The summed E-state index contributed by atoms with van der Waals surface area (Å²) in [6, 6.07) is 25.7. The van der Waals surface area contributed by atoms with Gasteiger partial charge in [0, 0.05) is 33.2 Å². The van der Waals surface area contributed by atoms with Crippen molar-refractivity contribution >= 4 is 43.9 Å². The molecule has 0 aliphatic carbocycles. The van der Waals surface area contributed by atoms with Crippen LogP contribution in [0.1, 0.15) is 11.3 Å². The highest BCUT2D eigenvalue weighted by Gasteiger charge is 2.19. The molecule has 0 saturated heterocycles. The first-order valence-corrected chi connectivity index (χ1v) is 13.1. The van der Waals surface area contributed by atoms with Gasteiger partial charge in [-0.2, -0.15) is 0 Å². The van der Waals surface area contributed by atoms with Gasteiger partial charge in [0.2, 0.25) is 10.0 Å². The van der Waals surface area contributed by atoms with E-state index in [0.29, 0.717) is 33.4 Å². The molecule has 7 nitrogen and oxygen atoms in total. The summed E-state index contributed by atoms with van der Waals surface area (Å²) in [7, 11) is -3.79. The summed E-state index contributed by atoms with van der Waals surface area (Å²) in [4.78, 5) is 4.37. The zero-order valence-corrected chi connectivity index (χ0v) is 20.9. The van der Waals surface area contributed by atoms with Gasteiger partial charge in [0.05, 0.1) is 17.1 Å². The van der Waals surface area contributed by atoms with E-state index in [1.165, 1.54) is 0 Å². The molecule has 0 saturated carbocycles. The third kappa shape index (κ3) is 5.06. The molecule has 0 aliphatic rings. The molecular weight excluding hydrogens is 494 g/mol. The first-order valence-electron chi connectivity index (χ1n) is 11.2. The summed E-state index contributed by atoms with van der Waals surface area (Å²) in [5.41, 5.74) is 3.34. The van der Waals surface area contributed by atoms with E-state index in [2.05, 4.69) is 25.2 Å². The number of halogens is 1. The Kier molecular flexibility index (Phi) is 6.65. The highest BCUT2D eigenvalue weighted by molar-refractivity contribution is 7.89. The van der Waals surface area contributed by atoms with Crippen molar-refractivity contribution in [2.75, 3.05) is 5.32 Å². The number of aryl methyl sites for hydroxylation is 1. The van der Waals surface area contributed by atoms with E-state index < -0.39 is 10.0 Å². The second-order valence-electron chi connectivity index (χ2n) is 8.20. The van der Waals surface area contributed by atoms with E-state index in [0.717, 1.165) is 16.5 Å². The molecule has 0 bridgehead atoms. The van der Waals surface area contributed by atoms with Crippen LogP contribution in [0.4, 0.5) is 11.5 Å². The number of hydrogen-bond donors (Lipinski definition) is 2. The van der Waals surface area contributed by atoms with E-state index >= 15 is 0 Å². The molecule has 9 heteroatoms. The highest BCUT2D eigenvalue weighted by Crippen LogP contribution is 2.33. The predicted molar refractivity (Wildman–Crippen MR) is 143 cm³/mol. The topological polar surface area (TPSA) is 96.9 Å². The van der Waals surface area contributed by atoms with Crippen molar-refractivity contribution in [1.82, 2.24) is 19.9 Å². The molecule has 0 atom stereocenters. The molecular formula is C27H22ClN5O2S. The molecule has 180 valence electrons. The first kappa shape index (κ1) is 23.9. The smallest absolute Gasteiger partial charge is 0.241 e. The SMILES string of the molecule is Cc1ccc(-c2nnc(Nc3ccc(Cl)cc3)c3ccccc23)cc1S(=O)(=O)NCc1ccccn1. The molecule has 2 aromatic heterocycles. The van der Waals surface area contributed by atoms with Crippen molar-refractivity contribution in [3.63, 3.8) is 0 Å². The average Bonchev–Trinajstić information content (AvgIpc) is 2.90. The fourth-order valence-corrected chi connectivity index (χ4v) is 5.26. The number of nitrogens with zero attached hydrogens (tertiary/aromatic N) is 3. The van der Waals surface area contributed by atoms with Gasteiger partial charge in [-0.1, -0.05) is 54.1 Å². The van der Waals surface area contributed by atoms with Crippen LogP contribution in [0.25, 0.3) is 22.0 Å². The van der Waals surface area contributed by atoms with Crippen LogP contribution in [0, 0.1) is 6.92 Å². The number of sulfonamides is 1. The average molecular weight is 516 g/mol. The van der Waals surface area contributed by atoms with Gasteiger partial charge in [0.15, 0.2) is 5.82 Å². The highest BCUT2D eigenvalue weighted by atomic mass is 35.5. The van der Waals surface area contributed by atoms with Crippen molar-refractivity contribution in [1.29, 1.82) is 0 Å². The van der Waals surface area contributed by atoms with E-state index in [1.807, 2.05) is 48.5 Å². The molecule has 0 radical (unpaired) electrons. The number of rotatable bonds is 7. The Morgan fingerprint density at radius 2 is 1.61 bits per heavy atom. The second-order valence-corrected chi connectivity index (χ2v) is 10.4. The molecule has 2 N–H and O–H groups in total. The summed E-state index contributed by atoms with van der Waals surface area (Å²) < 4.78 is 29.0. The van der Waals surface area contributed by atoms with Crippen LogP contribution in [0.5, 0.6) is 0 Å². The summed E-state index contributed by atoms with van der Waals surface area (Å²) in [5.74, 6) is 0.591. The maximum absolute atomic E-state index is 13.2. The summed E-state index contributed by atoms with van der Waals surface area (Å²) in [6.45, 7) is 1.86. The third-order valence-electron chi connectivity index (χ3n) is 5.71. The van der Waals surface area contributed by atoms with Crippen LogP contribution in [0.3, 0.4) is 0 Å². The van der Waals surface area contributed by atoms with Crippen molar-refractivity contribution < 1.29 is 8.42 Å². The molecule has 5 rings (SSSR count). The fourth-order valence-electron chi connectivity index (χ4n) is 3.87. The minimum atomic E-state index is -3.79. The van der Waals surface area contributed by atoms with E-state index in [-0.39, 0.29) is 11.4 Å². The van der Waals surface area contributed by atoms with Crippen LogP contribution >= 0.6 is 11.6 Å². The van der Waals surface area contributed by atoms with Crippen LogP contribution in [0.2, 0.25) is 5.02 Å². The third-order valence-corrected chi connectivity index (χ3v) is 7.51. The van der Waals surface area contributed by atoms with Gasteiger partial charge in [0.25, 0.3) is 0 Å². The number of fused-ring (bicyclic) bond motifs is 1. The van der Waals surface area contributed by atoms with Crippen LogP contribution in [0.15, 0.2) is 96.0 Å². The standard InChI is InChI=1S/C27H22ClN5O2S/c1-18-9-10-19(16-25(18)36(34,35)30-17-22-6-4-5-15-29-22)26-23-7-2-3-8-24(23)27(33-32-26)31-21-13-11-20(28)12-14-21/h2-16,30H,17H2,1H3,(H,31,33). The zero-order chi connectivity index (χ0) is 25.1. The number of pyridine rings is 1. The molecule has 0 spiro atoms. The largest absolute Gasteiger partial charge is 0.338 e. The number of hydrogen-bond acceptors (Lipinski definition) is 6. The molecule has 0 amide bonds. The predicted octanol–water partition coefficient (Wildman–Crippen LogP) is 5.88. The second kappa shape index (κ2) is 10.0. The lowest BCUT2D eigenvalue weighted by molar-refractivity contribution is 0.580. The van der Waals surface area contributed by atoms with Crippen molar-refractivity contribution in [3.05, 3.63) is 107 Å². The lowest BCUT2D eigenvalue weighted by Gasteiger charge is -2.13. The molecule has 5 aromatic rings. The van der Waals surface area contributed by atoms with Crippen molar-refractivity contribution in [2.45, 2.75) is 18.4 Å². The van der Waals surface area contributed by atoms with Crippen LogP contribution in [-0.4, -0.2) is 23.6 Å². The van der Waals surface area contributed by atoms with E-state index in [4.69, 9.17) is 11.6 Å². The molecule has 0 aliphatic heterocycles. The Labute approximate surface area is 214 Å². The van der Waals surface area contributed by atoms with Gasteiger partial charge in [0.1, 0.15) is 5.69 Å². The maximum atomic E-state index is 13.2. The number of benzene rings is 3. The molecule has 36 heavy (non-hydrogen) atoms. The summed E-state index contributed by atoms with van der Waals surface area (Å²) >= 11 is 6.00. The Balaban J connectivity index is 1.51. The van der Waals surface area contributed by atoms with E-state index in [1.54, 1.807) is 49.5 Å². The van der Waals surface area contributed by atoms with Crippen molar-refractivity contribution in [2.24, 2.45) is 0 Å². The number of aromatic nitrogens is 3. The van der Waals surface area contributed by atoms with Gasteiger partial charge in [-0.05, 0) is 55.0 Å². The van der Waals surface area contributed by atoms with Gasteiger partial charge in [-0.25, -0.2) is 13.1 Å². The Hall–Kier alpha value is -3.85. The summed E-state index contributed by atoms with van der Waals surface area (Å²) in [6.07, 6.45) is 1.63. The lowest BCUT2D eigenvalue weighted by atomic mass is 10.0. The van der Waals surface area contributed by atoms with Gasteiger partial charge in [-0.15, -0.1) is 10.2 Å². The van der Waals surface area contributed by atoms with Gasteiger partial charge >= 0.3 is 0 Å². The summed E-state index contributed by atoms with van der Waals surface area (Å²) in [5, 5.41) is 14.5. The normalized spacial score (nSPS) is 11.5. The van der Waals surface area contributed by atoms with Crippen LogP contribution in [-0.2, 0) is 16.6 Å². The minimum Gasteiger partial charge on any atom is -0.338 e. The Bertz CT molecular complexity index is 1640. The number of nitrogens with one attached hydrogen (secondary N) is 2. The maximum Gasteiger partial charge on any atom is 0.241 e. The quantitative estimate of drug-likeness (QED) is 0.281. The molecule has 0 unspecified atom stereocenters. The van der Waals surface area contributed by atoms with Crippen LogP contribution < -0.4 is 10.0 Å². The van der Waals surface area contributed by atoms with Gasteiger partial charge < -0.3 is 5.32 Å². The fraction of sp³-hybridized carbons (Fsp3) is 0.0741. The lowest BCUT2D eigenvalue weighted by Crippen LogP contribution is -2.24. The first-order chi connectivity index (χ1) is 17.4. The molecule has 0 fully saturated rings. The molecule has 3 aromatic carbocycles. The Morgan fingerprint density at radius 1 is 0.861 bits per heavy atom. The Morgan fingerprint density at radius 3 is 2.36 bits per heavy atom. The minimum absolute atomic E-state index is 0.0979. The van der Waals surface area contributed by atoms with Gasteiger partial charge in [-0.3, -0.25) is 4.98 Å². The monoisotopic (exact) mass is 515 g/mol. The van der Waals surface area contributed by atoms with E-state index in [9.17, 15) is 8.42 Å². The number of anilines is 2. The molecule has 2 heterocycles. The van der Waals surface area contributed by atoms with Crippen molar-refractivity contribution in [3.8, 4) is 11.3 Å². The zero-order valence-electron chi connectivity index (χ0n) is 19.3.